The van der Waals surface area contributed by atoms with Crippen LogP contribution in [0.4, 0.5) is 5.69 Å². The maximum absolute atomic E-state index is 11.5. The van der Waals surface area contributed by atoms with Crippen LogP contribution >= 0.6 is 0 Å². The molecule has 0 aromatic heterocycles. The van der Waals surface area contributed by atoms with Crippen LogP contribution in [0.25, 0.3) is 0 Å². The van der Waals surface area contributed by atoms with Crippen molar-refractivity contribution >= 4 is 11.6 Å². The summed E-state index contributed by atoms with van der Waals surface area (Å²) in [5, 5.41) is 10.8. The van der Waals surface area contributed by atoms with Gasteiger partial charge in [0, 0.05) is 25.3 Å². The molecule has 0 fully saturated rings. The number of rotatable bonds is 2. The zero-order valence-corrected chi connectivity index (χ0v) is 8.11. The molecule has 1 aromatic carbocycles. The van der Waals surface area contributed by atoms with E-state index in [0.29, 0.717) is 11.3 Å². The molecule has 0 bridgehead atoms. The molecule has 1 amide bonds. The molecule has 0 radical (unpaired) electrons. The van der Waals surface area contributed by atoms with Crippen molar-refractivity contribution < 1.29 is 4.79 Å². The summed E-state index contributed by atoms with van der Waals surface area (Å²) in [6.07, 6.45) is 1.81. The second kappa shape index (κ2) is 4.28. The minimum Gasteiger partial charge on any atom is -0.345 e. The number of nitriles is 1. The molecule has 0 aliphatic heterocycles. The second-order valence-corrected chi connectivity index (χ2v) is 3.01. The molecule has 4 heteroatoms. The Morgan fingerprint density at radius 3 is 2.36 bits per heavy atom. The van der Waals surface area contributed by atoms with E-state index >= 15 is 0 Å². The van der Waals surface area contributed by atoms with Gasteiger partial charge in [-0.25, -0.2) is 0 Å². The number of amides is 1. The topological polar surface area (TPSA) is 56.1 Å². The first-order valence-electron chi connectivity index (χ1n) is 4.12. The maximum Gasteiger partial charge on any atom is 0.253 e. The summed E-state index contributed by atoms with van der Waals surface area (Å²) in [5.74, 6) is -0.0477. The Balaban J connectivity index is 2.84. The van der Waals surface area contributed by atoms with E-state index in [4.69, 9.17) is 5.26 Å². The molecule has 0 spiro atoms. The maximum atomic E-state index is 11.5. The highest BCUT2D eigenvalue weighted by molar-refractivity contribution is 5.94. The highest BCUT2D eigenvalue weighted by Gasteiger charge is 2.06. The summed E-state index contributed by atoms with van der Waals surface area (Å²) in [6.45, 7) is 0. The Morgan fingerprint density at radius 1 is 1.36 bits per heavy atom. The number of carbonyl (C=O) groups is 1. The van der Waals surface area contributed by atoms with Gasteiger partial charge in [-0.05, 0) is 24.3 Å². The lowest BCUT2D eigenvalue weighted by Crippen LogP contribution is -2.21. The van der Waals surface area contributed by atoms with Crippen LogP contribution in [0.3, 0.4) is 0 Å². The Morgan fingerprint density at radius 2 is 1.93 bits per heavy atom. The van der Waals surface area contributed by atoms with Crippen molar-refractivity contribution in [2.75, 3.05) is 19.4 Å². The minimum atomic E-state index is -0.0477. The van der Waals surface area contributed by atoms with E-state index in [0.717, 1.165) is 0 Å². The van der Waals surface area contributed by atoms with Gasteiger partial charge in [0.15, 0.2) is 6.19 Å². The van der Waals surface area contributed by atoms with Gasteiger partial charge in [-0.15, -0.1) is 0 Å². The fourth-order valence-corrected chi connectivity index (χ4v) is 1.02. The third-order valence-electron chi connectivity index (χ3n) is 1.74. The summed E-state index contributed by atoms with van der Waals surface area (Å²) >= 11 is 0. The summed E-state index contributed by atoms with van der Waals surface area (Å²) in [4.78, 5) is 13.0. The smallest absolute Gasteiger partial charge is 0.253 e. The molecule has 0 aliphatic carbocycles. The fourth-order valence-electron chi connectivity index (χ4n) is 1.02. The number of benzene rings is 1. The van der Waals surface area contributed by atoms with Gasteiger partial charge in [0.25, 0.3) is 5.91 Å². The first-order valence-corrected chi connectivity index (χ1v) is 4.12. The highest BCUT2D eigenvalue weighted by Crippen LogP contribution is 2.09. The predicted molar refractivity (Wildman–Crippen MR) is 53.7 cm³/mol. The number of anilines is 1. The summed E-state index contributed by atoms with van der Waals surface area (Å²) in [6, 6.07) is 6.75. The number of hydrogen-bond donors (Lipinski definition) is 1. The van der Waals surface area contributed by atoms with Crippen molar-refractivity contribution in [3.05, 3.63) is 29.8 Å². The SMILES string of the molecule is CN(C)C(=O)c1ccc(NC#N)cc1. The van der Waals surface area contributed by atoms with E-state index < -0.39 is 0 Å². The Hall–Kier alpha value is -2.02. The number of nitrogens with one attached hydrogen (secondary N) is 1. The minimum absolute atomic E-state index is 0.0477. The average Bonchev–Trinajstić information content (AvgIpc) is 2.18. The van der Waals surface area contributed by atoms with Crippen LogP contribution in [0.1, 0.15) is 10.4 Å². The Bertz CT molecular complexity index is 362. The lowest BCUT2D eigenvalue weighted by atomic mass is 10.2. The van der Waals surface area contributed by atoms with Crippen LogP contribution in [0.5, 0.6) is 0 Å². The summed E-state index contributed by atoms with van der Waals surface area (Å²) in [7, 11) is 3.40. The second-order valence-electron chi connectivity index (χ2n) is 3.01. The Labute approximate surface area is 82.8 Å². The molecule has 0 atom stereocenters. The van der Waals surface area contributed by atoms with Crippen LogP contribution in [0.2, 0.25) is 0 Å². The van der Waals surface area contributed by atoms with Crippen LogP contribution in [-0.2, 0) is 0 Å². The van der Waals surface area contributed by atoms with Gasteiger partial charge in [0.2, 0.25) is 0 Å². The van der Waals surface area contributed by atoms with Crippen LogP contribution < -0.4 is 5.32 Å². The van der Waals surface area contributed by atoms with Crippen molar-refractivity contribution in [1.82, 2.24) is 4.90 Å². The standard InChI is InChI=1S/C10H11N3O/c1-13(2)10(14)8-3-5-9(6-4-8)12-7-11/h3-6,12H,1-2H3. The van der Waals surface area contributed by atoms with Gasteiger partial charge in [-0.2, -0.15) is 5.26 Å². The molecular formula is C10H11N3O. The largest absolute Gasteiger partial charge is 0.345 e. The van der Waals surface area contributed by atoms with Crippen molar-refractivity contribution in [3.63, 3.8) is 0 Å². The van der Waals surface area contributed by atoms with E-state index in [9.17, 15) is 4.79 Å². The van der Waals surface area contributed by atoms with Crippen molar-refractivity contribution in [1.29, 1.82) is 5.26 Å². The van der Waals surface area contributed by atoms with Gasteiger partial charge in [0.1, 0.15) is 0 Å². The molecular weight excluding hydrogens is 178 g/mol. The molecule has 1 rings (SSSR count). The number of carbonyl (C=O) groups excluding carboxylic acids is 1. The van der Waals surface area contributed by atoms with Crippen LogP contribution in [0, 0.1) is 11.5 Å². The number of nitrogens with zero attached hydrogens (tertiary/aromatic N) is 2. The average molecular weight is 189 g/mol. The van der Waals surface area contributed by atoms with E-state index in [1.807, 2.05) is 6.19 Å². The summed E-state index contributed by atoms with van der Waals surface area (Å²) in [5.41, 5.74) is 1.29. The van der Waals surface area contributed by atoms with Gasteiger partial charge >= 0.3 is 0 Å². The first-order chi connectivity index (χ1) is 6.65. The molecule has 0 unspecified atom stereocenters. The van der Waals surface area contributed by atoms with Gasteiger partial charge in [-0.3, -0.25) is 10.1 Å². The van der Waals surface area contributed by atoms with Gasteiger partial charge in [-0.1, -0.05) is 0 Å². The molecule has 14 heavy (non-hydrogen) atoms. The lowest BCUT2D eigenvalue weighted by Gasteiger charge is -2.09. The summed E-state index contributed by atoms with van der Waals surface area (Å²) < 4.78 is 0. The van der Waals surface area contributed by atoms with Crippen molar-refractivity contribution in [3.8, 4) is 6.19 Å². The van der Waals surface area contributed by atoms with Gasteiger partial charge in [0.05, 0.1) is 0 Å². The highest BCUT2D eigenvalue weighted by atomic mass is 16.2. The fraction of sp³-hybridized carbons (Fsp3) is 0.200. The monoisotopic (exact) mass is 189 g/mol. The van der Waals surface area contributed by atoms with Gasteiger partial charge < -0.3 is 4.90 Å². The van der Waals surface area contributed by atoms with E-state index in [2.05, 4.69) is 5.32 Å². The molecule has 1 N–H and O–H groups in total. The third kappa shape index (κ3) is 2.23. The quantitative estimate of drug-likeness (QED) is 0.563. The molecule has 1 aromatic rings. The van der Waals surface area contributed by atoms with Crippen LogP contribution in [0.15, 0.2) is 24.3 Å². The third-order valence-corrected chi connectivity index (χ3v) is 1.74. The Kier molecular flexibility index (Phi) is 3.08. The molecule has 72 valence electrons. The zero-order valence-electron chi connectivity index (χ0n) is 8.11. The van der Waals surface area contributed by atoms with Crippen molar-refractivity contribution in [2.45, 2.75) is 0 Å². The molecule has 0 saturated carbocycles. The molecule has 0 heterocycles. The molecule has 0 saturated heterocycles. The molecule has 4 nitrogen and oxygen atoms in total. The van der Waals surface area contributed by atoms with E-state index in [1.54, 1.807) is 38.4 Å². The van der Waals surface area contributed by atoms with Crippen molar-refractivity contribution in [2.24, 2.45) is 0 Å². The number of hydrogen-bond acceptors (Lipinski definition) is 3. The first kappa shape index (κ1) is 10.1. The van der Waals surface area contributed by atoms with E-state index in [1.165, 1.54) is 4.90 Å². The molecule has 0 aliphatic rings. The lowest BCUT2D eigenvalue weighted by molar-refractivity contribution is 0.0827. The van der Waals surface area contributed by atoms with E-state index in [-0.39, 0.29) is 5.91 Å². The normalized spacial score (nSPS) is 8.93. The van der Waals surface area contributed by atoms with Crippen LogP contribution in [-0.4, -0.2) is 24.9 Å². The zero-order chi connectivity index (χ0) is 10.6. The predicted octanol–water partition coefficient (Wildman–Crippen LogP) is 1.28.